The number of carbonyl (C=O) groups is 2. The molecule has 0 spiro atoms. The molecule has 2 atom stereocenters. The highest BCUT2D eigenvalue weighted by molar-refractivity contribution is 5.99. The van der Waals surface area contributed by atoms with Crippen molar-refractivity contribution in [2.24, 2.45) is 11.8 Å². The van der Waals surface area contributed by atoms with Crippen LogP contribution in [0.3, 0.4) is 0 Å². The van der Waals surface area contributed by atoms with Crippen LogP contribution in [0.1, 0.15) is 33.6 Å². The molecule has 2 rings (SSSR count). The first-order chi connectivity index (χ1) is 13.4. The molecular formula is C24H34Cl2N2O2. The zero-order valence-corrected chi connectivity index (χ0v) is 19.8. The Morgan fingerprint density at radius 3 is 1.20 bits per heavy atom. The summed E-state index contributed by atoms with van der Waals surface area (Å²) in [5, 5.41) is 0. The summed E-state index contributed by atoms with van der Waals surface area (Å²) in [5.41, 5.74) is 1.52. The minimum atomic E-state index is -0.0735. The maximum absolute atomic E-state index is 13.1. The molecule has 2 unspecified atom stereocenters. The molecule has 0 heterocycles. The lowest BCUT2D eigenvalue weighted by molar-refractivity contribution is -0.861. The van der Waals surface area contributed by atoms with Gasteiger partial charge in [0.1, 0.15) is 0 Å². The van der Waals surface area contributed by atoms with E-state index in [1.54, 1.807) is 0 Å². The molecule has 0 bridgehead atoms. The number of benzene rings is 2. The summed E-state index contributed by atoms with van der Waals surface area (Å²) >= 11 is 0. The van der Waals surface area contributed by atoms with E-state index in [-0.39, 0.29) is 48.2 Å². The molecule has 0 aliphatic heterocycles. The van der Waals surface area contributed by atoms with Crippen molar-refractivity contribution < 1.29 is 44.2 Å². The number of ketones is 2. The van der Waals surface area contributed by atoms with Crippen LogP contribution < -0.4 is 34.6 Å². The van der Waals surface area contributed by atoms with Crippen molar-refractivity contribution in [2.75, 3.05) is 41.3 Å². The summed E-state index contributed by atoms with van der Waals surface area (Å²) in [6, 6.07) is 19.0. The molecule has 6 heteroatoms. The maximum Gasteiger partial charge on any atom is 0.171 e. The summed E-state index contributed by atoms with van der Waals surface area (Å²) < 4.78 is 0. The number of nitrogens with one attached hydrogen (secondary N) is 2. The van der Waals surface area contributed by atoms with Gasteiger partial charge in [-0.3, -0.25) is 9.59 Å². The fourth-order valence-electron chi connectivity index (χ4n) is 3.72. The van der Waals surface area contributed by atoms with E-state index in [2.05, 4.69) is 28.2 Å². The fourth-order valence-corrected chi connectivity index (χ4v) is 3.72. The van der Waals surface area contributed by atoms with Gasteiger partial charge in [0.2, 0.25) is 0 Å². The van der Waals surface area contributed by atoms with Crippen LogP contribution in [0.25, 0.3) is 0 Å². The highest BCUT2D eigenvalue weighted by Crippen LogP contribution is 2.19. The summed E-state index contributed by atoms with van der Waals surface area (Å²) in [6.07, 6.45) is 1.46. The third-order valence-corrected chi connectivity index (χ3v) is 5.03. The summed E-state index contributed by atoms with van der Waals surface area (Å²) in [6.45, 7) is 1.55. The predicted octanol–water partition coefficient (Wildman–Crippen LogP) is -4.94. The Morgan fingerprint density at radius 1 is 0.633 bits per heavy atom. The molecule has 0 aliphatic rings. The molecule has 0 saturated carbocycles. The quantitative estimate of drug-likeness (QED) is 0.335. The van der Waals surface area contributed by atoms with Gasteiger partial charge in [-0.25, -0.2) is 0 Å². The lowest BCUT2D eigenvalue weighted by Gasteiger charge is -2.22. The molecule has 0 aromatic heterocycles. The number of hydrogen-bond donors (Lipinski definition) is 2. The Bertz CT molecular complexity index is 687. The van der Waals surface area contributed by atoms with Gasteiger partial charge >= 0.3 is 0 Å². The third-order valence-electron chi connectivity index (χ3n) is 5.03. The number of Topliss-reactive ketones (excluding diaryl/α,β-unsaturated/α-hetero) is 2. The smallest absolute Gasteiger partial charge is 0.171 e. The summed E-state index contributed by atoms with van der Waals surface area (Å²) in [4.78, 5) is 28.6. The molecule has 2 aromatic carbocycles. The van der Waals surface area contributed by atoms with Crippen LogP contribution in [-0.2, 0) is 0 Å². The van der Waals surface area contributed by atoms with Crippen molar-refractivity contribution in [1.29, 1.82) is 0 Å². The average Bonchev–Trinajstić information content (AvgIpc) is 2.69. The minimum Gasteiger partial charge on any atom is -1.00 e. The lowest BCUT2D eigenvalue weighted by atomic mass is 9.86. The van der Waals surface area contributed by atoms with Gasteiger partial charge in [0.05, 0.1) is 53.1 Å². The zero-order valence-electron chi connectivity index (χ0n) is 18.3. The molecule has 0 aliphatic carbocycles. The zero-order chi connectivity index (χ0) is 20.5. The number of rotatable bonds is 11. The fraction of sp³-hybridized carbons (Fsp3) is 0.417. The van der Waals surface area contributed by atoms with Gasteiger partial charge in [-0.1, -0.05) is 60.7 Å². The first-order valence-corrected chi connectivity index (χ1v) is 10.1. The van der Waals surface area contributed by atoms with Gasteiger partial charge in [-0.15, -0.1) is 0 Å². The van der Waals surface area contributed by atoms with Gasteiger partial charge in [-0.2, -0.15) is 0 Å². The van der Waals surface area contributed by atoms with E-state index in [0.29, 0.717) is 0 Å². The lowest BCUT2D eigenvalue weighted by Crippen LogP contribution is -3.06. The first kappa shape index (κ1) is 28.3. The van der Waals surface area contributed by atoms with Crippen molar-refractivity contribution in [3.63, 3.8) is 0 Å². The molecule has 0 fully saturated rings. The Morgan fingerprint density at radius 2 is 0.933 bits per heavy atom. The van der Waals surface area contributed by atoms with E-state index >= 15 is 0 Å². The van der Waals surface area contributed by atoms with Crippen LogP contribution >= 0.6 is 0 Å². The van der Waals surface area contributed by atoms with Crippen LogP contribution in [0, 0.1) is 11.8 Å². The van der Waals surface area contributed by atoms with E-state index in [1.165, 1.54) is 9.80 Å². The molecule has 0 amide bonds. The third kappa shape index (κ3) is 8.97. The Labute approximate surface area is 193 Å². The van der Waals surface area contributed by atoms with Gasteiger partial charge in [0.15, 0.2) is 11.6 Å². The largest absolute Gasteiger partial charge is 1.00 e. The van der Waals surface area contributed by atoms with Crippen molar-refractivity contribution >= 4 is 11.6 Å². The molecule has 166 valence electrons. The Kier molecular flexibility index (Phi) is 13.5. The van der Waals surface area contributed by atoms with Gasteiger partial charge in [0.25, 0.3) is 0 Å². The van der Waals surface area contributed by atoms with Gasteiger partial charge < -0.3 is 34.6 Å². The van der Waals surface area contributed by atoms with Gasteiger partial charge in [0, 0.05) is 11.1 Å². The van der Waals surface area contributed by atoms with Crippen LogP contribution in [0.2, 0.25) is 0 Å². The summed E-state index contributed by atoms with van der Waals surface area (Å²) in [5.74, 6) is 0.223. The Hall–Kier alpha value is -1.72. The Balaban J connectivity index is 0.00000420. The maximum atomic E-state index is 13.1. The molecule has 0 radical (unpaired) electrons. The van der Waals surface area contributed by atoms with E-state index in [4.69, 9.17) is 0 Å². The van der Waals surface area contributed by atoms with Crippen molar-refractivity contribution in [3.05, 3.63) is 71.8 Å². The minimum absolute atomic E-state index is 0. The number of halogens is 2. The summed E-state index contributed by atoms with van der Waals surface area (Å²) in [7, 11) is 8.29. The average molecular weight is 453 g/mol. The number of carbonyl (C=O) groups excluding carboxylic acids is 2. The van der Waals surface area contributed by atoms with E-state index < -0.39 is 0 Å². The second-order valence-corrected chi connectivity index (χ2v) is 8.25. The highest BCUT2D eigenvalue weighted by Gasteiger charge is 2.28. The topological polar surface area (TPSA) is 43.0 Å². The van der Waals surface area contributed by atoms with Crippen LogP contribution in [0.15, 0.2) is 60.7 Å². The first-order valence-electron chi connectivity index (χ1n) is 10.1. The monoisotopic (exact) mass is 452 g/mol. The van der Waals surface area contributed by atoms with Crippen molar-refractivity contribution in [1.82, 2.24) is 0 Å². The van der Waals surface area contributed by atoms with E-state index in [1.807, 2.05) is 60.7 Å². The SMILES string of the molecule is C[NH+](C)CC(CCC(C[NH+](C)C)C(=O)c1ccccc1)C(=O)c1ccccc1.[Cl-].[Cl-]. The van der Waals surface area contributed by atoms with E-state index in [9.17, 15) is 9.59 Å². The van der Waals surface area contributed by atoms with Crippen molar-refractivity contribution in [3.8, 4) is 0 Å². The molecular weight excluding hydrogens is 419 g/mol. The van der Waals surface area contributed by atoms with Crippen molar-refractivity contribution in [2.45, 2.75) is 12.8 Å². The number of hydrogen-bond acceptors (Lipinski definition) is 2. The molecule has 4 nitrogen and oxygen atoms in total. The molecule has 2 N–H and O–H groups in total. The normalized spacial score (nSPS) is 12.6. The molecule has 0 saturated heterocycles. The highest BCUT2D eigenvalue weighted by atomic mass is 35.5. The van der Waals surface area contributed by atoms with Crippen LogP contribution in [-0.4, -0.2) is 52.8 Å². The number of quaternary nitrogens is 2. The second-order valence-electron chi connectivity index (χ2n) is 8.25. The van der Waals surface area contributed by atoms with Crippen LogP contribution in [0.4, 0.5) is 0 Å². The van der Waals surface area contributed by atoms with E-state index in [0.717, 1.165) is 37.1 Å². The molecule has 30 heavy (non-hydrogen) atoms. The second kappa shape index (κ2) is 14.3. The van der Waals surface area contributed by atoms with Gasteiger partial charge in [-0.05, 0) is 12.8 Å². The van der Waals surface area contributed by atoms with Crippen LogP contribution in [0.5, 0.6) is 0 Å². The molecule has 2 aromatic rings. The standard InChI is InChI=1S/C24H32N2O2.2ClH/c1-25(2)17-21(23(27)19-11-7-5-8-12-19)15-16-22(18-26(3)4)24(28)20-13-9-6-10-14-20;;/h5-14,21-22H,15-18H2,1-4H3;2*1H. The predicted molar refractivity (Wildman–Crippen MR) is 113 cm³/mol.